The van der Waals surface area contributed by atoms with Crippen LogP contribution in [0.25, 0.3) is 0 Å². The average Bonchev–Trinajstić information content (AvgIpc) is 2.27. The molecule has 0 aliphatic carbocycles. The highest BCUT2D eigenvalue weighted by Gasteiger charge is 2.24. The highest BCUT2D eigenvalue weighted by Crippen LogP contribution is 2.35. The van der Waals surface area contributed by atoms with Crippen molar-refractivity contribution in [1.29, 1.82) is 0 Å². The molecule has 16 heavy (non-hydrogen) atoms. The van der Waals surface area contributed by atoms with E-state index in [-0.39, 0.29) is 5.54 Å². The smallest absolute Gasteiger partial charge is 0.0642 e. The molecule has 0 spiro atoms. The summed E-state index contributed by atoms with van der Waals surface area (Å²) in [5, 5.41) is 0.766. The number of anilines is 1. The maximum atomic E-state index is 6.27. The molecule has 1 nitrogen and oxygen atoms in total. The van der Waals surface area contributed by atoms with Crippen LogP contribution in [0.4, 0.5) is 5.69 Å². The van der Waals surface area contributed by atoms with Gasteiger partial charge in [0.2, 0.25) is 0 Å². The van der Waals surface area contributed by atoms with E-state index in [2.05, 4.69) is 32.7 Å². The predicted molar refractivity (Wildman–Crippen MR) is 73.8 cm³/mol. The molecular formula is C13H19Cl2N. The first-order chi connectivity index (χ1) is 7.44. The summed E-state index contributed by atoms with van der Waals surface area (Å²) in [6.07, 6.45) is 1.05. The number of benzene rings is 1. The highest BCUT2D eigenvalue weighted by atomic mass is 35.5. The highest BCUT2D eigenvalue weighted by molar-refractivity contribution is 6.33. The monoisotopic (exact) mass is 259 g/mol. The van der Waals surface area contributed by atoms with E-state index in [0.29, 0.717) is 5.88 Å². The lowest BCUT2D eigenvalue weighted by Crippen LogP contribution is -2.41. The first-order valence-electron chi connectivity index (χ1n) is 5.51. The van der Waals surface area contributed by atoms with Crippen LogP contribution in [0.15, 0.2) is 18.2 Å². The molecule has 0 atom stereocenters. The Hall–Kier alpha value is -0.400. The fourth-order valence-electron chi connectivity index (χ4n) is 1.58. The number of alkyl halides is 1. The minimum Gasteiger partial charge on any atom is -0.368 e. The standard InChI is InChI=1S/C13H19Cl2N/c1-5-13(2,3)16(4)12-10(9-14)7-6-8-11(12)15/h6-8H,5,9H2,1-4H3. The van der Waals surface area contributed by atoms with Crippen LogP contribution in [0, 0.1) is 0 Å². The van der Waals surface area contributed by atoms with Crippen molar-refractivity contribution in [2.45, 2.75) is 38.6 Å². The fraction of sp³-hybridized carbons (Fsp3) is 0.538. The molecule has 0 bridgehead atoms. The molecule has 0 unspecified atom stereocenters. The molecule has 0 aliphatic rings. The molecule has 0 amide bonds. The quantitative estimate of drug-likeness (QED) is 0.709. The van der Waals surface area contributed by atoms with Crippen molar-refractivity contribution in [3.63, 3.8) is 0 Å². The molecule has 0 aliphatic heterocycles. The molecule has 0 N–H and O–H groups in total. The molecule has 0 radical (unpaired) electrons. The van der Waals surface area contributed by atoms with Crippen LogP contribution in [0.3, 0.4) is 0 Å². The van der Waals surface area contributed by atoms with Crippen molar-refractivity contribution >= 4 is 28.9 Å². The normalized spacial score (nSPS) is 11.6. The summed E-state index contributed by atoms with van der Waals surface area (Å²) < 4.78 is 0. The minimum absolute atomic E-state index is 0.0752. The summed E-state index contributed by atoms with van der Waals surface area (Å²) in [5.41, 5.74) is 2.20. The number of nitrogens with zero attached hydrogens (tertiary/aromatic N) is 1. The SMILES string of the molecule is CCC(C)(C)N(C)c1c(Cl)cccc1CCl. The zero-order valence-electron chi connectivity index (χ0n) is 10.3. The summed E-state index contributed by atoms with van der Waals surface area (Å²) in [7, 11) is 2.07. The van der Waals surface area contributed by atoms with E-state index in [1.54, 1.807) is 0 Å². The van der Waals surface area contributed by atoms with Gasteiger partial charge in [-0.2, -0.15) is 0 Å². The molecule has 1 aromatic rings. The summed E-state index contributed by atoms with van der Waals surface area (Å²) >= 11 is 12.2. The van der Waals surface area contributed by atoms with Gasteiger partial charge in [-0.05, 0) is 31.9 Å². The van der Waals surface area contributed by atoms with Crippen LogP contribution >= 0.6 is 23.2 Å². The Morgan fingerprint density at radius 1 is 1.31 bits per heavy atom. The predicted octanol–water partition coefficient (Wildman–Crippen LogP) is 4.70. The van der Waals surface area contributed by atoms with E-state index in [9.17, 15) is 0 Å². The Kier molecular flexibility index (Phi) is 4.52. The van der Waals surface area contributed by atoms with Gasteiger partial charge in [0.1, 0.15) is 0 Å². The largest absolute Gasteiger partial charge is 0.368 e. The van der Waals surface area contributed by atoms with Gasteiger partial charge in [-0.3, -0.25) is 0 Å². The summed E-state index contributed by atoms with van der Waals surface area (Å²) in [4.78, 5) is 2.22. The van der Waals surface area contributed by atoms with Gasteiger partial charge in [0.15, 0.2) is 0 Å². The van der Waals surface area contributed by atoms with Gasteiger partial charge in [-0.1, -0.05) is 30.7 Å². The van der Waals surface area contributed by atoms with E-state index in [0.717, 1.165) is 22.7 Å². The van der Waals surface area contributed by atoms with E-state index in [1.807, 2.05) is 18.2 Å². The molecule has 0 heterocycles. The van der Waals surface area contributed by atoms with Crippen LogP contribution in [0.2, 0.25) is 5.02 Å². The van der Waals surface area contributed by atoms with Crippen LogP contribution in [0.1, 0.15) is 32.8 Å². The van der Waals surface area contributed by atoms with Crippen molar-refractivity contribution in [3.8, 4) is 0 Å². The third-order valence-corrected chi connectivity index (χ3v) is 3.92. The van der Waals surface area contributed by atoms with Gasteiger partial charge in [-0.15, -0.1) is 11.6 Å². The topological polar surface area (TPSA) is 3.24 Å². The van der Waals surface area contributed by atoms with E-state index >= 15 is 0 Å². The summed E-state index contributed by atoms with van der Waals surface area (Å²) in [5.74, 6) is 0.486. The van der Waals surface area contributed by atoms with Gasteiger partial charge in [0, 0.05) is 18.5 Å². The van der Waals surface area contributed by atoms with Crippen molar-refractivity contribution in [3.05, 3.63) is 28.8 Å². The molecule has 1 rings (SSSR count). The molecule has 0 aromatic heterocycles. The molecule has 0 saturated carbocycles. The van der Waals surface area contributed by atoms with Crippen LogP contribution in [0.5, 0.6) is 0 Å². The lowest BCUT2D eigenvalue weighted by molar-refractivity contribution is 0.470. The third kappa shape index (κ3) is 2.64. The van der Waals surface area contributed by atoms with Crippen LogP contribution in [-0.2, 0) is 5.88 Å². The lowest BCUT2D eigenvalue weighted by Gasteiger charge is -2.38. The molecule has 0 saturated heterocycles. The Bertz CT molecular complexity index is 361. The first kappa shape index (κ1) is 13.7. The summed E-state index contributed by atoms with van der Waals surface area (Å²) in [6.45, 7) is 6.58. The molecular weight excluding hydrogens is 241 g/mol. The fourth-order valence-corrected chi connectivity index (χ4v) is 2.12. The number of rotatable bonds is 4. The Morgan fingerprint density at radius 2 is 1.94 bits per heavy atom. The minimum atomic E-state index is 0.0752. The van der Waals surface area contributed by atoms with E-state index in [1.165, 1.54) is 0 Å². The Morgan fingerprint density at radius 3 is 2.44 bits per heavy atom. The molecule has 0 fully saturated rings. The van der Waals surface area contributed by atoms with Gasteiger partial charge < -0.3 is 4.90 Å². The maximum absolute atomic E-state index is 6.27. The van der Waals surface area contributed by atoms with Gasteiger partial charge in [0.05, 0.1) is 10.7 Å². The second kappa shape index (κ2) is 5.29. The number of hydrogen-bond donors (Lipinski definition) is 0. The van der Waals surface area contributed by atoms with Gasteiger partial charge in [-0.25, -0.2) is 0 Å². The van der Waals surface area contributed by atoms with E-state index < -0.39 is 0 Å². The van der Waals surface area contributed by atoms with Crippen molar-refractivity contribution in [1.82, 2.24) is 0 Å². The van der Waals surface area contributed by atoms with Crippen LogP contribution in [-0.4, -0.2) is 12.6 Å². The van der Waals surface area contributed by atoms with Crippen molar-refractivity contribution < 1.29 is 0 Å². The van der Waals surface area contributed by atoms with E-state index in [4.69, 9.17) is 23.2 Å². The lowest BCUT2D eigenvalue weighted by atomic mass is 9.98. The first-order valence-corrected chi connectivity index (χ1v) is 6.42. The van der Waals surface area contributed by atoms with Crippen molar-refractivity contribution in [2.24, 2.45) is 0 Å². The number of para-hydroxylation sites is 1. The third-order valence-electron chi connectivity index (χ3n) is 3.32. The maximum Gasteiger partial charge on any atom is 0.0642 e. The van der Waals surface area contributed by atoms with Gasteiger partial charge >= 0.3 is 0 Å². The Balaban J connectivity index is 3.21. The second-order valence-electron chi connectivity index (χ2n) is 4.61. The van der Waals surface area contributed by atoms with Crippen LogP contribution < -0.4 is 4.90 Å². The average molecular weight is 260 g/mol. The van der Waals surface area contributed by atoms with Crippen molar-refractivity contribution in [2.75, 3.05) is 11.9 Å². The zero-order valence-corrected chi connectivity index (χ0v) is 11.9. The summed E-state index contributed by atoms with van der Waals surface area (Å²) in [6, 6.07) is 5.88. The molecule has 1 aromatic carbocycles. The molecule has 3 heteroatoms. The number of halogens is 2. The Labute approximate surface area is 108 Å². The van der Waals surface area contributed by atoms with Gasteiger partial charge in [0.25, 0.3) is 0 Å². The zero-order chi connectivity index (χ0) is 12.3. The molecule has 90 valence electrons. The second-order valence-corrected chi connectivity index (χ2v) is 5.28. The number of hydrogen-bond acceptors (Lipinski definition) is 1.